The van der Waals surface area contributed by atoms with E-state index in [4.69, 9.17) is 9.72 Å². The molecule has 0 aromatic carbocycles. The van der Waals surface area contributed by atoms with Gasteiger partial charge < -0.3 is 19.4 Å². The molecule has 0 unspecified atom stereocenters. The number of pyridine rings is 1. The van der Waals surface area contributed by atoms with E-state index < -0.39 is 0 Å². The van der Waals surface area contributed by atoms with E-state index >= 15 is 0 Å². The van der Waals surface area contributed by atoms with Gasteiger partial charge in [0.1, 0.15) is 5.82 Å². The summed E-state index contributed by atoms with van der Waals surface area (Å²) in [6, 6.07) is 5.00. The molecule has 2 aliphatic heterocycles. The summed E-state index contributed by atoms with van der Waals surface area (Å²) in [6.07, 6.45) is 3.43. The highest BCUT2D eigenvalue weighted by molar-refractivity contribution is 5.47. The van der Waals surface area contributed by atoms with E-state index in [9.17, 15) is 4.39 Å². The van der Waals surface area contributed by atoms with Crippen LogP contribution in [0.25, 0.3) is 0 Å². The molecule has 2 aromatic rings. The second-order valence-electron chi connectivity index (χ2n) is 6.10. The molecule has 25 heavy (non-hydrogen) atoms. The summed E-state index contributed by atoms with van der Waals surface area (Å²) in [5.74, 6) is 1.82. The van der Waals surface area contributed by atoms with Crippen molar-refractivity contribution in [3.05, 3.63) is 36.4 Å². The van der Waals surface area contributed by atoms with Crippen LogP contribution in [0.3, 0.4) is 0 Å². The van der Waals surface area contributed by atoms with Gasteiger partial charge in [-0.2, -0.15) is 4.98 Å². The van der Waals surface area contributed by atoms with Crippen LogP contribution in [0.5, 0.6) is 0 Å². The van der Waals surface area contributed by atoms with E-state index in [-0.39, 0.29) is 5.82 Å². The van der Waals surface area contributed by atoms with Crippen LogP contribution >= 0.6 is 0 Å². The van der Waals surface area contributed by atoms with Gasteiger partial charge in [-0.3, -0.25) is 0 Å². The molecule has 4 heterocycles. The highest BCUT2D eigenvalue weighted by Crippen LogP contribution is 2.21. The summed E-state index contributed by atoms with van der Waals surface area (Å²) in [7, 11) is 0. The standard InChI is InChI=1S/C17H21FN6O/c18-14-2-1-4-19-16(14)23-8-6-22(7-9-23)15-3-5-20-17(21-15)24-10-12-25-13-11-24/h1-5H,6-13H2. The molecule has 8 heteroatoms. The van der Waals surface area contributed by atoms with Gasteiger partial charge in [0.25, 0.3) is 0 Å². The number of hydrogen-bond acceptors (Lipinski definition) is 7. The molecule has 0 aliphatic carbocycles. The Hall–Kier alpha value is -2.48. The van der Waals surface area contributed by atoms with Gasteiger partial charge in [0.15, 0.2) is 11.6 Å². The van der Waals surface area contributed by atoms with Gasteiger partial charge in [0.2, 0.25) is 5.95 Å². The lowest BCUT2D eigenvalue weighted by atomic mass is 10.3. The first-order chi connectivity index (χ1) is 12.3. The van der Waals surface area contributed by atoms with Crippen molar-refractivity contribution in [2.75, 3.05) is 67.2 Å². The molecule has 2 aromatic heterocycles. The Morgan fingerprint density at radius 3 is 2.36 bits per heavy atom. The van der Waals surface area contributed by atoms with E-state index in [1.54, 1.807) is 18.5 Å². The normalized spacial score (nSPS) is 18.5. The number of rotatable bonds is 3. The van der Waals surface area contributed by atoms with Crippen LogP contribution in [0.2, 0.25) is 0 Å². The Kier molecular flexibility index (Phi) is 4.60. The number of ether oxygens (including phenoxy) is 1. The number of hydrogen-bond donors (Lipinski definition) is 0. The third-order valence-corrected chi connectivity index (χ3v) is 4.56. The molecular formula is C17H21FN6O. The van der Waals surface area contributed by atoms with Crippen molar-refractivity contribution in [1.29, 1.82) is 0 Å². The maximum atomic E-state index is 13.9. The van der Waals surface area contributed by atoms with Crippen molar-refractivity contribution in [2.45, 2.75) is 0 Å². The van der Waals surface area contributed by atoms with Gasteiger partial charge >= 0.3 is 0 Å². The van der Waals surface area contributed by atoms with E-state index in [2.05, 4.69) is 19.8 Å². The molecule has 132 valence electrons. The molecule has 0 N–H and O–H groups in total. The van der Waals surface area contributed by atoms with Crippen LogP contribution in [-0.4, -0.2) is 67.4 Å². The van der Waals surface area contributed by atoms with Crippen molar-refractivity contribution < 1.29 is 9.13 Å². The van der Waals surface area contributed by atoms with Crippen LogP contribution in [-0.2, 0) is 4.74 Å². The van der Waals surface area contributed by atoms with E-state index in [0.29, 0.717) is 32.1 Å². The average Bonchev–Trinajstić information content (AvgIpc) is 2.69. The monoisotopic (exact) mass is 344 g/mol. The zero-order valence-electron chi connectivity index (χ0n) is 14.0. The highest BCUT2D eigenvalue weighted by atomic mass is 19.1. The smallest absolute Gasteiger partial charge is 0.227 e. The number of piperazine rings is 1. The predicted octanol–water partition coefficient (Wildman–Crippen LogP) is 1.17. The molecule has 0 atom stereocenters. The largest absolute Gasteiger partial charge is 0.378 e. The van der Waals surface area contributed by atoms with Crippen molar-refractivity contribution in [3.63, 3.8) is 0 Å². The summed E-state index contributed by atoms with van der Waals surface area (Å²) in [5.41, 5.74) is 0. The van der Waals surface area contributed by atoms with Gasteiger partial charge in [-0.05, 0) is 18.2 Å². The van der Waals surface area contributed by atoms with Crippen molar-refractivity contribution >= 4 is 17.6 Å². The van der Waals surface area contributed by atoms with E-state index in [1.807, 2.05) is 11.0 Å². The number of anilines is 3. The van der Waals surface area contributed by atoms with Crippen LogP contribution < -0.4 is 14.7 Å². The summed E-state index contributed by atoms with van der Waals surface area (Å²) in [6.45, 7) is 6.02. The van der Waals surface area contributed by atoms with Crippen molar-refractivity contribution in [2.24, 2.45) is 0 Å². The van der Waals surface area contributed by atoms with E-state index in [0.717, 1.165) is 37.9 Å². The van der Waals surface area contributed by atoms with Gasteiger partial charge in [-0.1, -0.05) is 0 Å². The summed E-state index contributed by atoms with van der Waals surface area (Å²) < 4.78 is 19.3. The number of nitrogens with zero attached hydrogens (tertiary/aromatic N) is 6. The molecule has 2 aliphatic rings. The van der Waals surface area contributed by atoms with E-state index in [1.165, 1.54) is 6.07 Å². The van der Waals surface area contributed by atoms with Crippen LogP contribution in [0.15, 0.2) is 30.6 Å². The minimum absolute atomic E-state index is 0.271. The lowest BCUT2D eigenvalue weighted by Gasteiger charge is -2.36. The fourth-order valence-electron chi connectivity index (χ4n) is 3.19. The summed E-state index contributed by atoms with van der Waals surface area (Å²) in [5, 5.41) is 0. The van der Waals surface area contributed by atoms with Gasteiger partial charge in [-0.25, -0.2) is 14.4 Å². The molecule has 0 amide bonds. The van der Waals surface area contributed by atoms with Gasteiger partial charge in [0.05, 0.1) is 13.2 Å². The molecular weight excluding hydrogens is 323 g/mol. The quantitative estimate of drug-likeness (QED) is 0.828. The van der Waals surface area contributed by atoms with Gasteiger partial charge in [-0.15, -0.1) is 0 Å². The molecule has 2 fully saturated rings. The first-order valence-electron chi connectivity index (χ1n) is 8.57. The minimum Gasteiger partial charge on any atom is -0.378 e. The van der Waals surface area contributed by atoms with Crippen molar-refractivity contribution in [1.82, 2.24) is 15.0 Å². The third-order valence-electron chi connectivity index (χ3n) is 4.56. The van der Waals surface area contributed by atoms with Crippen molar-refractivity contribution in [3.8, 4) is 0 Å². The Labute approximate surface area is 146 Å². The maximum Gasteiger partial charge on any atom is 0.227 e. The second-order valence-corrected chi connectivity index (χ2v) is 6.10. The molecule has 0 spiro atoms. The molecule has 0 saturated carbocycles. The molecule has 0 bridgehead atoms. The third kappa shape index (κ3) is 3.48. The lowest BCUT2D eigenvalue weighted by molar-refractivity contribution is 0.122. The minimum atomic E-state index is -0.271. The topological polar surface area (TPSA) is 57.6 Å². The summed E-state index contributed by atoms with van der Waals surface area (Å²) in [4.78, 5) is 19.6. The van der Waals surface area contributed by atoms with Crippen LogP contribution in [0.1, 0.15) is 0 Å². The fraction of sp³-hybridized carbons (Fsp3) is 0.471. The summed E-state index contributed by atoms with van der Waals surface area (Å²) >= 11 is 0. The Balaban J connectivity index is 1.43. The Morgan fingerprint density at radius 1 is 0.840 bits per heavy atom. The first-order valence-corrected chi connectivity index (χ1v) is 8.57. The molecule has 4 rings (SSSR count). The van der Waals surface area contributed by atoms with Crippen LogP contribution in [0, 0.1) is 5.82 Å². The SMILES string of the molecule is Fc1cccnc1N1CCN(c2ccnc(N3CCOCC3)n2)CC1. The van der Waals surface area contributed by atoms with Gasteiger partial charge in [0, 0.05) is 51.7 Å². The highest BCUT2D eigenvalue weighted by Gasteiger charge is 2.22. The predicted molar refractivity (Wildman–Crippen MR) is 93.7 cm³/mol. The Bertz CT molecular complexity index is 716. The number of morpholine rings is 1. The molecule has 7 nitrogen and oxygen atoms in total. The zero-order chi connectivity index (χ0) is 17.1. The molecule has 2 saturated heterocycles. The maximum absolute atomic E-state index is 13.9. The lowest BCUT2D eigenvalue weighted by Crippen LogP contribution is -2.47. The zero-order valence-corrected chi connectivity index (χ0v) is 14.0. The molecule has 0 radical (unpaired) electrons. The van der Waals surface area contributed by atoms with Crippen LogP contribution in [0.4, 0.5) is 22.0 Å². The number of aromatic nitrogens is 3. The first kappa shape index (κ1) is 16.0. The second kappa shape index (κ2) is 7.18. The Morgan fingerprint density at radius 2 is 1.60 bits per heavy atom. The average molecular weight is 344 g/mol. The number of halogens is 1. The fourth-order valence-corrected chi connectivity index (χ4v) is 3.19.